The van der Waals surface area contributed by atoms with Crippen LogP contribution in [0.5, 0.6) is 0 Å². The normalized spacial score (nSPS) is 20.6. The van der Waals surface area contributed by atoms with Gasteiger partial charge in [0.25, 0.3) is 0 Å². The van der Waals surface area contributed by atoms with Crippen LogP contribution in [-0.2, 0) is 4.74 Å². The zero-order valence-electron chi connectivity index (χ0n) is 13.4. The van der Waals surface area contributed by atoms with Crippen molar-refractivity contribution in [2.75, 3.05) is 31.6 Å². The molecule has 1 aliphatic heterocycles. The van der Waals surface area contributed by atoms with E-state index in [2.05, 4.69) is 58.2 Å². The third-order valence-electron chi connectivity index (χ3n) is 4.18. The van der Waals surface area contributed by atoms with E-state index in [-0.39, 0.29) is 0 Å². The molecule has 2 rings (SSSR count). The molecule has 0 aromatic heterocycles. The number of ether oxygens (including phenoxy) is 1. The van der Waals surface area contributed by atoms with Gasteiger partial charge in [-0.25, -0.2) is 0 Å². The van der Waals surface area contributed by atoms with Crippen molar-refractivity contribution in [3.8, 4) is 0 Å². The van der Waals surface area contributed by atoms with Gasteiger partial charge >= 0.3 is 0 Å². The standard InChI is InChI=1S/C17H27BrN2O/c1-4-10-21-15-6-5-9-20(12-15)14-7-8-16(13(2)19-3)17(18)11-14/h7-8,11,13,15,19H,4-6,9-10,12H2,1-3H3. The fourth-order valence-corrected chi connectivity index (χ4v) is 3.52. The van der Waals surface area contributed by atoms with Crippen LogP contribution in [0.3, 0.4) is 0 Å². The van der Waals surface area contributed by atoms with E-state index in [4.69, 9.17) is 4.74 Å². The molecule has 0 amide bonds. The third-order valence-corrected chi connectivity index (χ3v) is 4.87. The molecule has 21 heavy (non-hydrogen) atoms. The van der Waals surface area contributed by atoms with Crippen LogP contribution < -0.4 is 10.2 Å². The lowest BCUT2D eigenvalue weighted by Crippen LogP contribution is -2.39. The van der Waals surface area contributed by atoms with E-state index in [1.165, 1.54) is 28.6 Å². The number of hydrogen-bond acceptors (Lipinski definition) is 3. The van der Waals surface area contributed by atoms with Crippen molar-refractivity contribution in [1.82, 2.24) is 5.32 Å². The minimum atomic E-state index is 0.357. The van der Waals surface area contributed by atoms with Gasteiger partial charge in [0, 0.05) is 35.9 Å². The highest BCUT2D eigenvalue weighted by Crippen LogP contribution is 2.30. The molecular weight excluding hydrogens is 328 g/mol. The Labute approximate surface area is 137 Å². The van der Waals surface area contributed by atoms with Gasteiger partial charge in [0.1, 0.15) is 0 Å². The molecule has 1 aliphatic rings. The SMILES string of the molecule is CCCOC1CCCN(c2ccc(C(C)NC)c(Br)c2)C1. The van der Waals surface area contributed by atoms with Crippen molar-refractivity contribution >= 4 is 21.6 Å². The van der Waals surface area contributed by atoms with Crippen LogP contribution in [0.2, 0.25) is 0 Å². The first-order valence-electron chi connectivity index (χ1n) is 7.99. The van der Waals surface area contributed by atoms with Gasteiger partial charge in [0.05, 0.1) is 6.10 Å². The molecule has 0 saturated carbocycles. The largest absolute Gasteiger partial charge is 0.376 e. The molecule has 2 unspecified atom stereocenters. The zero-order valence-corrected chi connectivity index (χ0v) is 14.9. The highest BCUT2D eigenvalue weighted by atomic mass is 79.9. The first kappa shape index (κ1) is 16.8. The number of halogens is 1. The second-order valence-electron chi connectivity index (χ2n) is 5.80. The second-order valence-corrected chi connectivity index (χ2v) is 6.65. The molecule has 0 aliphatic carbocycles. The number of rotatable bonds is 6. The van der Waals surface area contributed by atoms with Gasteiger partial charge in [-0.15, -0.1) is 0 Å². The fourth-order valence-electron chi connectivity index (χ4n) is 2.81. The smallest absolute Gasteiger partial charge is 0.0750 e. The van der Waals surface area contributed by atoms with E-state index in [9.17, 15) is 0 Å². The Morgan fingerprint density at radius 1 is 1.48 bits per heavy atom. The van der Waals surface area contributed by atoms with Crippen LogP contribution in [0, 0.1) is 0 Å². The molecular formula is C17H27BrN2O. The Balaban J connectivity index is 2.05. The number of anilines is 1. The van der Waals surface area contributed by atoms with E-state index < -0.39 is 0 Å². The third kappa shape index (κ3) is 4.44. The Kier molecular flexibility index (Phi) is 6.52. The van der Waals surface area contributed by atoms with Crippen molar-refractivity contribution in [3.05, 3.63) is 28.2 Å². The molecule has 118 valence electrons. The molecule has 1 aromatic carbocycles. The summed E-state index contributed by atoms with van der Waals surface area (Å²) in [6, 6.07) is 7.05. The van der Waals surface area contributed by atoms with Gasteiger partial charge < -0.3 is 15.0 Å². The average molecular weight is 355 g/mol. The first-order valence-corrected chi connectivity index (χ1v) is 8.78. The number of benzene rings is 1. The first-order chi connectivity index (χ1) is 10.2. The van der Waals surface area contributed by atoms with E-state index in [0.29, 0.717) is 12.1 Å². The quantitative estimate of drug-likeness (QED) is 0.831. The maximum atomic E-state index is 5.93. The second kappa shape index (κ2) is 8.16. The summed E-state index contributed by atoms with van der Waals surface area (Å²) < 4.78 is 7.11. The van der Waals surface area contributed by atoms with Crippen molar-refractivity contribution in [1.29, 1.82) is 0 Å². The topological polar surface area (TPSA) is 24.5 Å². The predicted molar refractivity (Wildman–Crippen MR) is 93.1 cm³/mol. The lowest BCUT2D eigenvalue weighted by atomic mass is 10.0. The summed E-state index contributed by atoms with van der Waals surface area (Å²) in [4.78, 5) is 2.45. The van der Waals surface area contributed by atoms with Gasteiger partial charge in [-0.2, -0.15) is 0 Å². The fraction of sp³-hybridized carbons (Fsp3) is 0.647. The number of nitrogens with zero attached hydrogens (tertiary/aromatic N) is 1. The predicted octanol–water partition coefficient (Wildman–Crippen LogP) is 4.12. The van der Waals surface area contributed by atoms with Gasteiger partial charge in [0.15, 0.2) is 0 Å². The molecule has 1 heterocycles. The molecule has 3 nitrogen and oxygen atoms in total. The maximum absolute atomic E-state index is 5.93. The van der Waals surface area contributed by atoms with Crippen LogP contribution >= 0.6 is 15.9 Å². The summed E-state index contributed by atoms with van der Waals surface area (Å²) in [6.07, 6.45) is 3.87. The number of hydrogen-bond donors (Lipinski definition) is 1. The summed E-state index contributed by atoms with van der Waals surface area (Å²) in [5.74, 6) is 0. The highest BCUT2D eigenvalue weighted by Gasteiger charge is 2.21. The maximum Gasteiger partial charge on any atom is 0.0750 e. The van der Waals surface area contributed by atoms with Gasteiger partial charge in [-0.1, -0.05) is 28.9 Å². The lowest BCUT2D eigenvalue weighted by molar-refractivity contribution is 0.0440. The van der Waals surface area contributed by atoms with Gasteiger partial charge in [-0.05, 0) is 50.9 Å². The van der Waals surface area contributed by atoms with E-state index in [1.54, 1.807) is 0 Å². The Morgan fingerprint density at radius 2 is 2.29 bits per heavy atom. The van der Waals surface area contributed by atoms with Crippen molar-refractivity contribution in [2.24, 2.45) is 0 Å². The Hall–Kier alpha value is -0.580. The number of piperidine rings is 1. The molecule has 2 atom stereocenters. The molecule has 0 radical (unpaired) electrons. The molecule has 0 bridgehead atoms. The van der Waals surface area contributed by atoms with Crippen LogP contribution in [0.4, 0.5) is 5.69 Å². The molecule has 4 heteroatoms. The number of nitrogens with one attached hydrogen (secondary N) is 1. The Bertz CT molecular complexity index is 452. The minimum Gasteiger partial charge on any atom is -0.376 e. The van der Waals surface area contributed by atoms with E-state index in [1.807, 2.05) is 7.05 Å². The molecule has 1 fully saturated rings. The van der Waals surface area contributed by atoms with Crippen LogP contribution in [0.1, 0.15) is 44.7 Å². The summed E-state index contributed by atoms with van der Waals surface area (Å²) in [7, 11) is 1.99. The van der Waals surface area contributed by atoms with E-state index >= 15 is 0 Å². The van der Waals surface area contributed by atoms with E-state index in [0.717, 1.165) is 26.1 Å². The molecule has 0 spiro atoms. The zero-order chi connectivity index (χ0) is 15.2. The van der Waals surface area contributed by atoms with Crippen LogP contribution in [-0.4, -0.2) is 32.8 Å². The van der Waals surface area contributed by atoms with Gasteiger partial charge in [-0.3, -0.25) is 0 Å². The van der Waals surface area contributed by atoms with Crippen molar-refractivity contribution < 1.29 is 4.74 Å². The summed E-state index contributed by atoms with van der Waals surface area (Å²) >= 11 is 3.71. The van der Waals surface area contributed by atoms with Gasteiger partial charge in [0.2, 0.25) is 0 Å². The average Bonchev–Trinajstić information content (AvgIpc) is 2.52. The lowest BCUT2D eigenvalue weighted by Gasteiger charge is -2.34. The summed E-state index contributed by atoms with van der Waals surface area (Å²) in [5, 5.41) is 3.29. The minimum absolute atomic E-state index is 0.357. The molecule has 1 aromatic rings. The summed E-state index contributed by atoms with van der Waals surface area (Å²) in [6.45, 7) is 7.35. The molecule has 1 saturated heterocycles. The van der Waals surface area contributed by atoms with Crippen molar-refractivity contribution in [3.63, 3.8) is 0 Å². The van der Waals surface area contributed by atoms with Crippen LogP contribution in [0.15, 0.2) is 22.7 Å². The summed E-state index contributed by atoms with van der Waals surface area (Å²) in [5.41, 5.74) is 2.59. The van der Waals surface area contributed by atoms with Crippen LogP contribution in [0.25, 0.3) is 0 Å². The van der Waals surface area contributed by atoms with Crippen molar-refractivity contribution in [2.45, 2.75) is 45.3 Å². The Morgan fingerprint density at radius 3 is 2.95 bits per heavy atom. The highest BCUT2D eigenvalue weighted by molar-refractivity contribution is 9.10. The monoisotopic (exact) mass is 354 g/mol. The molecule has 1 N–H and O–H groups in total.